The fourth-order valence-electron chi connectivity index (χ4n) is 3.42. The van der Waals surface area contributed by atoms with Gasteiger partial charge in [0, 0.05) is 11.9 Å². The third-order valence-corrected chi connectivity index (χ3v) is 7.08. The smallest absolute Gasteiger partial charge is 0.270 e. The second-order valence-electron chi connectivity index (χ2n) is 7.50. The molecule has 0 aliphatic heterocycles. The minimum absolute atomic E-state index is 0.192. The largest absolute Gasteiger partial charge is 0.461 e. The third kappa shape index (κ3) is 5.50. The lowest BCUT2D eigenvalue weighted by atomic mass is 10.1. The molecule has 0 unspecified atom stereocenters. The van der Waals surface area contributed by atoms with Gasteiger partial charge in [-0.05, 0) is 48.4 Å². The van der Waals surface area contributed by atoms with E-state index in [4.69, 9.17) is 4.42 Å². The lowest BCUT2D eigenvalue weighted by molar-refractivity contribution is 0.0949. The van der Waals surface area contributed by atoms with E-state index in [0.717, 1.165) is 11.4 Å². The Kier molecular flexibility index (Phi) is 7.01. The van der Waals surface area contributed by atoms with Gasteiger partial charge in [-0.25, -0.2) is 9.37 Å². The highest BCUT2D eigenvalue weighted by Crippen LogP contribution is 2.30. The van der Waals surface area contributed by atoms with Crippen LogP contribution in [0.15, 0.2) is 87.9 Å². The molecule has 3 aromatic heterocycles. The molecule has 7 nitrogen and oxygen atoms in total. The van der Waals surface area contributed by atoms with Crippen molar-refractivity contribution in [1.29, 1.82) is 0 Å². The summed E-state index contributed by atoms with van der Waals surface area (Å²) in [4.78, 5) is 17.0. The molecule has 0 spiro atoms. The molecule has 176 valence electrons. The van der Waals surface area contributed by atoms with Gasteiger partial charge in [-0.15, -0.1) is 21.5 Å². The maximum Gasteiger partial charge on any atom is 0.270 e. The predicted molar refractivity (Wildman–Crippen MR) is 133 cm³/mol. The van der Waals surface area contributed by atoms with Crippen molar-refractivity contribution in [2.45, 2.75) is 17.3 Å². The molecular formula is C25H20FN5O2S2. The highest BCUT2D eigenvalue weighted by molar-refractivity contribution is 7.98. The van der Waals surface area contributed by atoms with E-state index in [1.807, 2.05) is 34.9 Å². The van der Waals surface area contributed by atoms with Crippen LogP contribution in [0.25, 0.3) is 17.3 Å². The fraction of sp³-hybridized carbons (Fsp3) is 0.120. The Hall–Kier alpha value is -3.76. The van der Waals surface area contributed by atoms with Gasteiger partial charge in [0.1, 0.15) is 16.5 Å². The van der Waals surface area contributed by atoms with E-state index >= 15 is 0 Å². The Morgan fingerprint density at radius 3 is 2.66 bits per heavy atom. The average molecular weight is 506 g/mol. The Labute approximate surface area is 209 Å². The van der Waals surface area contributed by atoms with Crippen LogP contribution in [0.3, 0.4) is 0 Å². The number of carbonyl (C=O) groups excluding carboxylic acids is 1. The molecule has 35 heavy (non-hydrogen) atoms. The minimum atomic E-state index is -0.326. The number of hydrogen-bond acceptors (Lipinski definition) is 7. The summed E-state index contributed by atoms with van der Waals surface area (Å²) in [6.07, 6.45) is 2.32. The second kappa shape index (κ2) is 10.7. The maximum absolute atomic E-state index is 13.5. The van der Waals surface area contributed by atoms with E-state index in [9.17, 15) is 9.18 Å². The molecule has 0 fully saturated rings. The van der Waals surface area contributed by atoms with Crippen molar-refractivity contribution in [3.05, 3.63) is 100 Å². The molecule has 1 amide bonds. The van der Waals surface area contributed by atoms with Gasteiger partial charge in [0.2, 0.25) is 5.82 Å². The zero-order chi connectivity index (χ0) is 24.0. The van der Waals surface area contributed by atoms with Crippen molar-refractivity contribution >= 4 is 29.0 Å². The van der Waals surface area contributed by atoms with Crippen molar-refractivity contribution in [2.75, 3.05) is 6.54 Å². The highest BCUT2D eigenvalue weighted by Gasteiger charge is 2.19. The van der Waals surface area contributed by atoms with Crippen molar-refractivity contribution in [2.24, 2.45) is 0 Å². The van der Waals surface area contributed by atoms with Crippen LogP contribution < -0.4 is 5.32 Å². The molecule has 0 aliphatic carbocycles. The number of furan rings is 1. The molecule has 2 aromatic carbocycles. The molecule has 0 radical (unpaired) electrons. The summed E-state index contributed by atoms with van der Waals surface area (Å²) >= 11 is 2.84. The number of carbonyl (C=O) groups is 1. The van der Waals surface area contributed by atoms with Gasteiger partial charge in [0.25, 0.3) is 5.91 Å². The first-order valence-corrected chi connectivity index (χ1v) is 12.7. The van der Waals surface area contributed by atoms with Crippen LogP contribution in [-0.2, 0) is 12.2 Å². The summed E-state index contributed by atoms with van der Waals surface area (Å²) in [6, 6.07) is 19.7. The number of benzene rings is 2. The van der Waals surface area contributed by atoms with Crippen LogP contribution in [-0.4, -0.2) is 32.2 Å². The summed E-state index contributed by atoms with van der Waals surface area (Å²) in [5, 5.41) is 14.7. The molecule has 0 atom stereocenters. The highest BCUT2D eigenvalue weighted by atomic mass is 32.2. The van der Waals surface area contributed by atoms with E-state index < -0.39 is 0 Å². The van der Waals surface area contributed by atoms with Crippen LogP contribution in [0.2, 0.25) is 0 Å². The number of hydrogen-bond donors (Lipinski definition) is 1. The van der Waals surface area contributed by atoms with E-state index in [1.165, 1.54) is 40.8 Å². The van der Waals surface area contributed by atoms with Crippen LogP contribution in [0.1, 0.15) is 21.1 Å². The number of aromatic nitrogens is 4. The molecule has 3 heterocycles. The first kappa shape index (κ1) is 23.0. The van der Waals surface area contributed by atoms with E-state index in [-0.39, 0.29) is 11.7 Å². The lowest BCUT2D eigenvalue weighted by Crippen LogP contribution is -2.26. The van der Waals surface area contributed by atoms with Crippen molar-refractivity contribution in [3.63, 3.8) is 0 Å². The molecule has 0 saturated carbocycles. The standard InChI is InChI=1S/C25H20FN5O2S2/c26-18-8-10-19(11-9-18)31-23(21-7-4-14-33-21)29-30-25(31)35-16-22-28-20(15-34-22)24(32)27-13-12-17-5-2-1-3-6-17/h1-11,14-15H,12-13,16H2,(H,27,32). The van der Waals surface area contributed by atoms with E-state index in [2.05, 4.69) is 20.5 Å². The first-order valence-electron chi connectivity index (χ1n) is 10.8. The Morgan fingerprint density at radius 1 is 1.06 bits per heavy atom. The maximum atomic E-state index is 13.5. The summed E-state index contributed by atoms with van der Waals surface area (Å²) in [5.74, 6) is 1.05. The number of thiazole rings is 1. The molecule has 0 bridgehead atoms. The zero-order valence-electron chi connectivity index (χ0n) is 18.4. The molecule has 0 aliphatic rings. The van der Waals surface area contributed by atoms with Gasteiger partial charge in [-0.2, -0.15) is 0 Å². The van der Waals surface area contributed by atoms with Gasteiger partial charge in [0.05, 0.1) is 17.7 Å². The van der Waals surface area contributed by atoms with Crippen LogP contribution in [0.5, 0.6) is 0 Å². The topological polar surface area (TPSA) is 85.8 Å². The summed E-state index contributed by atoms with van der Waals surface area (Å²) in [5.41, 5.74) is 2.28. The summed E-state index contributed by atoms with van der Waals surface area (Å²) < 4.78 is 20.8. The summed E-state index contributed by atoms with van der Waals surface area (Å²) in [6.45, 7) is 0.542. The van der Waals surface area contributed by atoms with Gasteiger partial charge in [-0.3, -0.25) is 9.36 Å². The van der Waals surface area contributed by atoms with Crippen LogP contribution >= 0.6 is 23.1 Å². The van der Waals surface area contributed by atoms with Crippen LogP contribution in [0.4, 0.5) is 4.39 Å². The third-order valence-electron chi connectivity index (χ3n) is 5.11. The quantitative estimate of drug-likeness (QED) is 0.271. The normalized spacial score (nSPS) is 11.0. The average Bonchev–Trinajstić information content (AvgIpc) is 3.65. The number of nitrogens with zero attached hydrogens (tertiary/aromatic N) is 4. The number of rotatable bonds is 9. The number of nitrogens with one attached hydrogen (secondary N) is 1. The lowest BCUT2D eigenvalue weighted by Gasteiger charge is -2.08. The number of thioether (sulfide) groups is 1. The monoisotopic (exact) mass is 505 g/mol. The van der Waals surface area contributed by atoms with E-state index in [1.54, 1.807) is 35.9 Å². The fourth-order valence-corrected chi connectivity index (χ4v) is 5.16. The van der Waals surface area contributed by atoms with Crippen LogP contribution in [0, 0.1) is 5.82 Å². The van der Waals surface area contributed by atoms with Crippen molar-refractivity contribution < 1.29 is 13.6 Å². The molecule has 1 N–H and O–H groups in total. The molecule has 5 rings (SSSR count). The number of amides is 1. The van der Waals surface area contributed by atoms with Gasteiger partial charge >= 0.3 is 0 Å². The predicted octanol–water partition coefficient (Wildman–Crippen LogP) is 5.39. The number of halogens is 1. The second-order valence-corrected chi connectivity index (χ2v) is 9.39. The minimum Gasteiger partial charge on any atom is -0.461 e. The molecular weight excluding hydrogens is 485 g/mol. The van der Waals surface area contributed by atoms with Gasteiger partial charge in [-0.1, -0.05) is 42.1 Å². The van der Waals surface area contributed by atoms with Crippen molar-refractivity contribution in [1.82, 2.24) is 25.1 Å². The van der Waals surface area contributed by atoms with Crippen molar-refractivity contribution in [3.8, 4) is 17.3 Å². The SMILES string of the molecule is O=C(NCCc1ccccc1)c1csc(CSc2nnc(-c3ccco3)n2-c2ccc(F)cc2)n1. The Morgan fingerprint density at radius 2 is 1.89 bits per heavy atom. The first-order chi connectivity index (χ1) is 17.2. The van der Waals surface area contributed by atoms with E-state index in [0.29, 0.717) is 40.4 Å². The molecule has 10 heteroatoms. The summed E-state index contributed by atoms with van der Waals surface area (Å²) in [7, 11) is 0. The zero-order valence-corrected chi connectivity index (χ0v) is 20.1. The Balaban J connectivity index is 1.26. The molecule has 5 aromatic rings. The van der Waals surface area contributed by atoms with Gasteiger partial charge < -0.3 is 9.73 Å². The van der Waals surface area contributed by atoms with Gasteiger partial charge in [0.15, 0.2) is 10.9 Å². The molecule has 0 saturated heterocycles. The Bertz CT molecular complexity index is 1400.